The van der Waals surface area contributed by atoms with Gasteiger partial charge in [-0.05, 0) is 24.0 Å². The van der Waals surface area contributed by atoms with Crippen molar-refractivity contribution in [1.29, 1.82) is 0 Å². The summed E-state index contributed by atoms with van der Waals surface area (Å²) in [5, 5.41) is 19.0. The van der Waals surface area contributed by atoms with Gasteiger partial charge in [-0.25, -0.2) is 9.18 Å². The fourth-order valence-electron chi connectivity index (χ4n) is 2.57. The van der Waals surface area contributed by atoms with Crippen LogP contribution >= 0.6 is 0 Å². The topological polar surface area (TPSA) is 76.0 Å². The Morgan fingerprint density at radius 3 is 3.05 bits per heavy atom. The van der Waals surface area contributed by atoms with Gasteiger partial charge in [0.15, 0.2) is 0 Å². The summed E-state index contributed by atoms with van der Waals surface area (Å²) in [7, 11) is -0.980. The Labute approximate surface area is 109 Å². The third-order valence-electron chi connectivity index (χ3n) is 3.54. The van der Waals surface area contributed by atoms with Gasteiger partial charge in [-0.15, -0.1) is 0 Å². The molecule has 1 fully saturated rings. The Hall–Kier alpha value is -1.76. The maximum absolute atomic E-state index is 12.1. The maximum atomic E-state index is 12.1. The van der Waals surface area contributed by atoms with E-state index in [9.17, 15) is 19.3 Å². The highest BCUT2D eigenvalue weighted by Crippen LogP contribution is 2.60. The average Bonchev–Trinajstić information content (AvgIpc) is 3.16. The number of hydrogen-bond donors (Lipinski definition) is 2. The number of carboxylic acid groups (broad SMARTS) is 1. The summed E-state index contributed by atoms with van der Waals surface area (Å²) in [6.45, 7) is -0.919. The largest absolute Gasteiger partial charge is 0.535 e. The van der Waals surface area contributed by atoms with Crippen molar-refractivity contribution in [3.8, 4) is 11.5 Å². The molecule has 100 valence electrons. The fourth-order valence-corrected chi connectivity index (χ4v) is 2.57. The number of halogens is 1. The van der Waals surface area contributed by atoms with Crippen LogP contribution in [-0.4, -0.2) is 36.5 Å². The molecule has 0 aromatic heterocycles. The molecule has 0 bridgehead atoms. The van der Waals surface area contributed by atoms with Crippen molar-refractivity contribution in [1.82, 2.24) is 0 Å². The van der Waals surface area contributed by atoms with E-state index in [4.69, 9.17) is 9.39 Å². The van der Waals surface area contributed by atoms with Crippen molar-refractivity contribution in [3.05, 3.63) is 23.3 Å². The molecule has 0 saturated heterocycles. The second-order valence-electron chi connectivity index (χ2n) is 4.71. The van der Waals surface area contributed by atoms with Crippen LogP contribution in [0.5, 0.6) is 11.5 Å². The Morgan fingerprint density at radius 2 is 2.37 bits per heavy atom. The van der Waals surface area contributed by atoms with E-state index in [-0.39, 0.29) is 35.4 Å². The molecule has 19 heavy (non-hydrogen) atoms. The van der Waals surface area contributed by atoms with E-state index in [1.165, 1.54) is 6.07 Å². The molecular formula is C12H12BFO5. The molecule has 3 rings (SSSR count). The van der Waals surface area contributed by atoms with Crippen LogP contribution in [0.4, 0.5) is 4.39 Å². The zero-order valence-corrected chi connectivity index (χ0v) is 10.0. The van der Waals surface area contributed by atoms with Crippen LogP contribution in [0.3, 0.4) is 0 Å². The van der Waals surface area contributed by atoms with Crippen LogP contribution in [0, 0.1) is 0 Å². The van der Waals surface area contributed by atoms with Crippen LogP contribution < -0.4 is 9.39 Å². The molecule has 1 saturated carbocycles. The first-order valence-electron chi connectivity index (χ1n) is 6.07. The highest BCUT2D eigenvalue weighted by molar-refractivity contribution is 6.48. The van der Waals surface area contributed by atoms with E-state index in [0.717, 1.165) is 12.0 Å². The van der Waals surface area contributed by atoms with Crippen molar-refractivity contribution in [2.45, 2.75) is 18.2 Å². The van der Waals surface area contributed by atoms with E-state index >= 15 is 0 Å². The Kier molecular flexibility index (Phi) is 2.85. The van der Waals surface area contributed by atoms with Gasteiger partial charge in [0.05, 0.1) is 0 Å². The van der Waals surface area contributed by atoms with Gasteiger partial charge in [0.1, 0.15) is 30.3 Å². The molecule has 1 aliphatic carbocycles. The number of fused-ring (bicyclic) bond motifs is 3. The van der Waals surface area contributed by atoms with Gasteiger partial charge in [0.2, 0.25) is 0 Å². The van der Waals surface area contributed by atoms with Crippen LogP contribution in [0.1, 0.15) is 28.3 Å². The van der Waals surface area contributed by atoms with E-state index in [1.807, 2.05) is 0 Å². The molecule has 0 spiro atoms. The number of aromatic carboxylic acids is 1. The second-order valence-corrected chi connectivity index (χ2v) is 4.71. The standard InChI is InChI=1S/C12H12BFO5/c14-3-4-18-9-2-1-6-7-5-8(7)13(17)19-11(6)10(9)12(15)16/h1-2,7-8,17H,3-5H2,(H,15,16). The Morgan fingerprint density at radius 1 is 1.58 bits per heavy atom. The van der Waals surface area contributed by atoms with Gasteiger partial charge in [-0.3, -0.25) is 0 Å². The van der Waals surface area contributed by atoms with Crippen LogP contribution in [-0.2, 0) is 0 Å². The predicted molar refractivity (Wildman–Crippen MR) is 64.6 cm³/mol. The lowest BCUT2D eigenvalue weighted by molar-refractivity contribution is 0.0689. The van der Waals surface area contributed by atoms with E-state index in [1.54, 1.807) is 6.07 Å². The lowest BCUT2D eigenvalue weighted by atomic mass is 9.77. The van der Waals surface area contributed by atoms with Crippen molar-refractivity contribution < 1.29 is 28.7 Å². The number of carboxylic acids is 1. The lowest BCUT2D eigenvalue weighted by Crippen LogP contribution is -2.27. The highest BCUT2D eigenvalue weighted by atomic mass is 19.1. The summed E-state index contributed by atoms with van der Waals surface area (Å²) >= 11 is 0. The first-order valence-corrected chi connectivity index (χ1v) is 6.07. The molecule has 0 amide bonds. The summed E-state index contributed by atoms with van der Waals surface area (Å²) in [6, 6.07) is 3.25. The minimum atomic E-state index is -1.21. The number of benzene rings is 1. The molecular weight excluding hydrogens is 254 g/mol. The van der Waals surface area contributed by atoms with Gasteiger partial charge in [-0.1, -0.05) is 6.07 Å². The van der Waals surface area contributed by atoms with Crippen LogP contribution in [0.25, 0.3) is 0 Å². The minimum Gasteiger partial charge on any atom is -0.535 e. The van der Waals surface area contributed by atoms with E-state index in [0.29, 0.717) is 0 Å². The maximum Gasteiger partial charge on any atom is 0.526 e. The van der Waals surface area contributed by atoms with E-state index in [2.05, 4.69) is 0 Å². The molecule has 1 heterocycles. The van der Waals surface area contributed by atoms with Crippen LogP contribution in [0.15, 0.2) is 12.1 Å². The number of rotatable bonds is 4. The molecule has 1 aliphatic heterocycles. The Balaban J connectivity index is 2.05. The van der Waals surface area contributed by atoms with Gasteiger partial charge >= 0.3 is 13.1 Å². The molecule has 0 radical (unpaired) electrons. The number of ether oxygens (including phenoxy) is 1. The zero-order valence-electron chi connectivity index (χ0n) is 10.0. The Bertz CT molecular complexity index is 535. The fraction of sp³-hybridized carbons (Fsp3) is 0.417. The summed E-state index contributed by atoms with van der Waals surface area (Å²) in [5.74, 6) is -0.804. The second kappa shape index (κ2) is 4.41. The van der Waals surface area contributed by atoms with E-state index < -0.39 is 19.8 Å². The summed E-state index contributed by atoms with van der Waals surface area (Å²) in [6.07, 6.45) is 0.790. The molecule has 1 aromatic rings. The smallest absolute Gasteiger partial charge is 0.526 e. The van der Waals surface area contributed by atoms with Gasteiger partial charge < -0.3 is 19.5 Å². The average molecular weight is 266 g/mol. The van der Waals surface area contributed by atoms with Gasteiger partial charge in [-0.2, -0.15) is 0 Å². The number of hydrogen-bond acceptors (Lipinski definition) is 4. The van der Waals surface area contributed by atoms with Gasteiger partial charge in [0.25, 0.3) is 0 Å². The molecule has 5 nitrogen and oxygen atoms in total. The lowest BCUT2D eigenvalue weighted by Gasteiger charge is -2.22. The van der Waals surface area contributed by atoms with Crippen LogP contribution in [0.2, 0.25) is 5.82 Å². The van der Waals surface area contributed by atoms with Crippen molar-refractivity contribution >= 4 is 13.1 Å². The summed E-state index contributed by atoms with van der Waals surface area (Å²) in [4.78, 5) is 11.3. The first kappa shape index (κ1) is 12.3. The monoisotopic (exact) mass is 266 g/mol. The predicted octanol–water partition coefficient (Wildman–Crippen LogP) is 1.46. The molecule has 2 atom stereocenters. The molecule has 2 unspecified atom stereocenters. The molecule has 1 aromatic carbocycles. The minimum absolute atomic E-state index is 0.0479. The van der Waals surface area contributed by atoms with Gasteiger partial charge in [0, 0.05) is 5.82 Å². The zero-order chi connectivity index (χ0) is 13.6. The summed E-state index contributed by atoms with van der Waals surface area (Å²) < 4.78 is 22.5. The molecule has 2 N–H and O–H groups in total. The molecule has 2 aliphatic rings. The van der Waals surface area contributed by atoms with Crippen molar-refractivity contribution in [2.24, 2.45) is 0 Å². The summed E-state index contributed by atoms with van der Waals surface area (Å²) in [5.41, 5.74) is 0.635. The third-order valence-corrected chi connectivity index (χ3v) is 3.54. The normalized spacial score (nSPS) is 23.2. The quantitative estimate of drug-likeness (QED) is 0.807. The third kappa shape index (κ3) is 1.94. The first-order chi connectivity index (χ1) is 9.13. The number of alkyl halides is 1. The van der Waals surface area contributed by atoms with Crippen molar-refractivity contribution in [3.63, 3.8) is 0 Å². The highest BCUT2D eigenvalue weighted by Gasteiger charge is 2.54. The SMILES string of the molecule is O=C(O)c1c(OCCF)ccc2c1OB(O)C1CC21. The van der Waals surface area contributed by atoms with Crippen molar-refractivity contribution in [2.75, 3.05) is 13.3 Å². The number of carbonyl (C=O) groups is 1. The molecule has 7 heteroatoms.